The molecule has 0 saturated heterocycles. The zero-order valence-corrected chi connectivity index (χ0v) is 10.5. The van der Waals surface area contributed by atoms with E-state index in [1.165, 1.54) is 33.2 Å². The highest BCUT2D eigenvalue weighted by molar-refractivity contribution is 5.93. The molecule has 6 nitrogen and oxygen atoms in total. The number of ether oxygens (including phenoxy) is 2. The molecule has 0 aliphatic heterocycles. The quantitative estimate of drug-likeness (QED) is 0.604. The van der Waals surface area contributed by atoms with E-state index in [2.05, 4.69) is 5.32 Å². The van der Waals surface area contributed by atoms with Crippen molar-refractivity contribution in [1.29, 1.82) is 0 Å². The summed E-state index contributed by atoms with van der Waals surface area (Å²) < 4.78 is 9.95. The van der Waals surface area contributed by atoms with Gasteiger partial charge in [0.25, 0.3) is 5.91 Å². The van der Waals surface area contributed by atoms with Gasteiger partial charge in [-0.2, -0.15) is 0 Å². The van der Waals surface area contributed by atoms with Gasteiger partial charge < -0.3 is 20.5 Å². The lowest BCUT2D eigenvalue weighted by molar-refractivity contribution is -0.128. The molecule has 6 heteroatoms. The largest absolute Gasteiger partial charge is 0.495 e. The molecule has 1 unspecified atom stereocenters. The van der Waals surface area contributed by atoms with E-state index in [1.54, 1.807) is 6.07 Å². The van der Waals surface area contributed by atoms with Gasteiger partial charge in [-0.15, -0.1) is 0 Å². The zero-order chi connectivity index (χ0) is 13.7. The Hall–Kier alpha value is -2.24. The molecule has 0 heterocycles. The molecule has 0 spiro atoms. The number of rotatable bonds is 4. The van der Waals surface area contributed by atoms with E-state index in [4.69, 9.17) is 15.2 Å². The number of nitrogen functional groups attached to an aromatic ring is 1. The van der Waals surface area contributed by atoms with Gasteiger partial charge in [-0.05, 0) is 25.1 Å². The summed E-state index contributed by atoms with van der Waals surface area (Å²) in [6, 6.07) is 4.53. The van der Waals surface area contributed by atoms with Gasteiger partial charge in [-0.3, -0.25) is 4.79 Å². The number of nitrogens with two attached hydrogens (primary N) is 1. The molecule has 1 rings (SSSR count). The van der Waals surface area contributed by atoms with Crippen molar-refractivity contribution in [2.45, 2.75) is 13.0 Å². The average Bonchev–Trinajstić information content (AvgIpc) is 2.37. The molecular weight excluding hydrogens is 236 g/mol. The molecule has 0 saturated carbocycles. The monoisotopic (exact) mass is 252 g/mol. The van der Waals surface area contributed by atoms with Crippen LogP contribution in [-0.2, 0) is 9.53 Å². The van der Waals surface area contributed by atoms with Gasteiger partial charge in [-0.1, -0.05) is 0 Å². The summed E-state index contributed by atoms with van der Waals surface area (Å²) in [7, 11) is 2.95. The molecule has 0 radical (unpaired) electrons. The van der Waals surface area contributed by atoms with Crippen molar-refractivity contribution in [3.63, 3.8) is 0 Å². The molecular formula is C12H16N2O4. The molecule has 18 heavy (non-hydrogen) atoms. The Bertz CT molecular complexity index is 459. The third-order valence-electron chi connectivity index (χ3n) is 2.36. The Balaban J connectivity index is 2.79. The second-order valence-electron chi connectivity index (χ2n) is 3.62. The molecule has 1 aromatic carbocycles. The summed E-state index contributed by atoms with van der Waals surface area (Å²) in [5, 5.41) is 2.39. The number of hydrogen-bond acceptors (Lipinski definition) is 5. The summed E-state index contributed by atoms with van der Waals surface area (Å²) in [4.78, 5) is 22.9. The number of hydrogen-bond donors (Lipinski definition) is 2. The van der Waals surface area contributed by atoms with Crippen LogP contribution < -0.4 is 15.8 Å². The smallest absolute Gasteiger partial charge is 0.338 e. The lowest BCUT2D eigenvalue weighted by Crippen LogP contribution is -2.33. The highest BCUT2D eigenvalue weighted by Crippen LogP contribution is 2.22. The van der Waals surface area contributed by atoms with Crippen LogP contribution in [-0.4, -0.2) is 32.1 Å². The normalized spacial score (nSPS) is 11.5. The van der Waals surface area contributed by atoms with Crippen LogP contribution in [0.1, 0.15) is 17.3 Å². The number of benzene rings is 1. The first-order chi connectivity index (χ1) is 8.49. The minimum atomic E-state index is -0.856. The number of likely N-dealkylation sites (N-methyl/N-ethyl adjacent to an activating group) is 1. The van der Waals surface area contributed by atoms with E-state index in [0.717, 1.165) is 0 Å². The molecule has 0 aromatic heterocycles. The first-order valence-electron chi connectivity index (χ1n) is 5.35. The molecule has 1 amide bonds. The molecule has 98 valence electrons. The molecule has 0 aliphatic carbocycles. The predicted octanol–water partition coefficient (Wildman–Crippen LogP) is 0.569. The Kier molecular flexibility index (Phi) is 4.53. The van der Waals surface area contributed by atoms with E-state index in [1.807, 2.05) is 0 Å². The molecule has 0 bridgehead atoms. The van der Waals surface area contributed by atoms with Crippen LogP contribution in [0.2, 0.25) is 0 Å². The van der Waals surface area contributed by atoms with Gasteiger partial charge in [0.1, 0.15) is 5.75 Å². The van der Waals surface area contributed by atoms with Crippen molar-refractivity contribution in [3.05, 3.63) is 23.8 Å². The van der Waals surface area contributed by atoms with Crippen molar-refractivity contribution in [2.75, 3.05) is 19.9 Å². The number of amides is 1. The molecule has 1 aromatic rings. The lowest BCUT2D eigenvalue weighted by Gasteiger charge is -2.12. The van der Waals surface area contributed by atoms with Gasteiger partial charge in [0.05, 0.1) is 18.4 Å². The molecule has 0 aliphatic rings. The third kappa shape index (κ3) is 3.13. The zero-order valence-electron chi connectivity index (χ0n) is 10.5. The van der Waals surface area contributed by atoms with Crippen LogP contribution in [0.15, 0.2) is 18.2 Å². The van der Waals surface area contributed by atoms with Crippen LogP contribution >= 0.6 is 0 Å². The van der Waals surface area contributed by atoms with Gasteiger partial charge in [0.2, 0.25) is 0 Å². The van der Waals surface area contributed by atoms with Crippen molar-refractivity contribution < 1.29 is 19.1 Å². The standard InChI is InChI=1S/C12H16N2O4/c1-7(11(15)14-2)18-12(16)8-4-5-10(17-3)9(13)6-8/h4-7H,13H2,1-3H3,(H,14,15). The maximum Gasteiger partial charge on any atom is 0.338 e. The number of anilines is 1. The number of nitrogens with one attached hydrogen (secondary N) is 1. The topological polar surface area (TPSA) is 90.6 Å². The van der Waals surface area contributed by atoms with Crippen molar-refractivity contribution >= 4 is 17.6 Å². The molecule has 0 fully saturated rings. The van der Waals surface area contributed by atoms with E-state index in [0.29, 0.717) is 11.4 Å². The second kappa shape index (κ2) is 5.90. The van der Waals surface area contributed by atoms with Crippen molar-refractivity contribution in [1.82, 2.24) is 5.32 Å². The highest BCUT2D eigenvalue weighted by atomic mass is 16.5. The lowest BCUT2D eigenvalue weighted by atomic mass is 10.2. The summed E-state index contributed by atoms with van der Waals surface area (Å²) in [6.07, 6.45) is -0.856. The second-order valence-corrected chi connectivity index (χ2v) is 3.62. The number of methoxy groups -OCH3 is 1. The number of carbonyl (C=O) groups is 2. The third-order valence-corrected chi connectivity index (χ3v) is 2.36. The van der Waals surface area contributed by atoms with Gasteiger partial charge >= 0.3 is 5.97 Å². The number of esters is 1. The number of carbonyl (C=O) groups excluding carboxylic acids is 2. The van der Waals surface area contributed by atoms with E-state index in [-0.39, 0.29) is 11.5 Å². The fourth-order valence-electron chi connectivity index (χ4n) is 1.35. The van der Waals surface area contributed by atoms with Gasteiger partial charge in [0, 0.05) is 7.05 Å². The average molecular weight is 252 g/mol. The van der Waals surface area contributed by atoms with Crippen LogP contribution in [0.25, 0.3) is 0 Å². The van der Waals surface area contributed by atoms with Crippen molar-refractivity contribution in [3.8, 4) is 5.75 Å². The van der Waals surface area contributed by atoms with Crippen LogP contribution in [0, 0.1) is 0 Å². The summed E-state index contributed by atoms with van der Waals surface area (Å²) in [5.41, 5.74) is 6.27. The van der Waals surface area contributed by atoms with Crippen LogP contribution in [0.4, 0.5) is 5.69 Å². The summed E-state index contributed by atoms with van der Waals surface area (Å²) in [5.74, 6) is -0.504. The summed E-state index contributed by atoms with van der Waals surface area (Å²) >= 11 is 0. The molecule has 1 atom stereocenters. The van der Waals surface area contributed by atoms with Crippen LogP contribution in [0.5, 0.6) is 5.75 Å². The minimum absolute atomic E-state index is 0.268. The maximum atomic E-state index is 11.7. The Morgan fingerprint density at radius 3 is 2.56 bits per heavy atom. The van der Waals surface area contributed by atoms with Gasteiger partial charge in [-0.25, -0.2) is 4.79 Å². The fraction of sp³-hybridized carbons (Fsp3) is 0.333. The van der Waals surface area contributed by atoms with E-state index < -0.39 is 12.1 Å². The maximum absolute atomic E-state index is 11.7. The first-order valence-corrected chi connectivity index (χ1v) is 5.35. The molecule has 3 N–H and O–H groups in total. The highest BCUT2D eigenvalue weighted by Gasteiger charge is 2.18. The fourth-order valence-corrected chi connectivity index (χ4v) is 1.35. The van der Waals surface area contributed by atoms with Crippen LogP contribution in [0.3, 0.4) is 0 Å². The Labute approximate surface area is 105 Å². The first kappa shape index (κ1) is 13.8. The van der Waals surface area contributed by atoms with E-state index >= 15 is 0 Å². The Morgan fingerprint density at radius 1 is 1.39 bits per heavy atom. The Morgan fingerprint density at radius 2 is 2.06 bits per heavy atom. The van der Waals surface area contributed by atoms with E-state index in [9.17, 15) is 9.59 Å². The predicted molar refractivity (Wildman–Crippen MR) is 66.4 cm³/mol. The van der Waals surface area contributed by atoms with Gasteiger partial charge in [0.15, 0.2) is 6.10 Å². The SMILES string of the molecule is CNC(=O)C(C)OC(=O)c1ccc(OC)c(N)c1. The minimum Gasteiger partial charge on any atom is -0.495 e. The van der Waals surface area contributed by atoms with Crippen molar-refractivity contribution in [2.24, 2.45) is 0 Å². The summed E-state index contributed by atoms with van der Waals surface area (Å²) in [6.45, 7) is 1.49.